The Kier molecular flexibility index (Phi) is 6.28. The third kappa shape index (κ3) is 4.78. The molecule has 0 aliphatic heterocycles. The monoisotopic (exact) mass is 333 g/mol. The first-order valence-electron chi connectivity index (χ1n) is 8.28. The van der Waals surface area contributed by atoms with E-state index in [4.69, 9.17) is 0 Å². The van der Waals surface area contributed by atoms with Crippen LogP contribution in [0.5, 0.6) is 0 Å². The number of rotatable bonds is 7. The van der Waals surface area contributed by atoms with E-state index in [1.165, 1.54) is 18.9 Å². The Labute approximate surface area is 141 Å². The molecule has 0 saturated heterocycles. The molecule has 1 aromatic carbocycles. The van der Waals surface area contributed by atoms with Crippen LogP contribution >= 0.6 is 0 Å². The molecule has 24 heavy (non-hydrogen) atoms. The number of nitro groups is 1. The second-order valence-corrected chi connectivity index (χ2v) is 6.19. The molecule has 2 rings (SSSR count). The van der Waals surface area contributed by atoms with Gasteiger partial charge in [-0.2, -0.15) is 0 Å². The Balaban J connectivity index is 1.79. The average molecular weight is 333 g/mol. The maximum absolute atomic E-state index is 12.2. The molecule has 0 bridgehead atoms. The highest BCUT2D eigenvalue weighted by atomic mass is 16.6. The van der Waals surface area contributed by atoms with E-state index in [1.807, 2.05) is 0 Å². The smallest absolute Gasteiger partial charge is 0.282 e. The van der Waals surface area contributed by atoms with E-state index in [0.717, 1.165) is 12.8 Å². The Hall–Kier alpha value is -2.44. The fraction of sp³-hybridized carbons (Fsp3) is 0.529. The summed E-state index contributed by atoms with van der Waals surface area (Å²) in [7, 11) is 0. The van der Waals surface area contributed by atoms with Crippen molar-refractivity contribution in [1.29, 1.82) is 0 Å². The highest BCUT2D eigenvalue weighted by molar-refractivity contribution is 5.99. The molecule has 130 valence electrons. The number of nitrogens with one attached hydrogen (secondary N) is 2. The van der Waals surface area contributed by atoms with E-state index in [9.17, 15) is 19.7 Å². The Morgan fingerprint density at radius 3 is 2.54 bits per heavy atom. The van der Waals surface area contributed by atoms with Gasteiger partial charge in [0.1, 0.15) is 5.56 Å². The van der Waals surface area contributed by atoms with Gasteiger partial charge in [-0.05, 0) is 31.2 Å². The first-order chi connectivity index (χ1) is 11.5. The van der Waals surface area contributed by atoms with E-state index >= 15 is 0 Å². The lowest BCUT2D eigenvalue weighted by Crippen LogP contribution is -2.35. The minimum Gasteiger partial charge on any atom is -0.354 e. The van der Waals surface area contributed by atoms with Crippen molar-refractivity contribution in [2.24, 2.45) is 5.92 Å². The predicted molar refractivity (Wildman–Crippen MR) is 89.8 cm³/mol. The van der Waals surface area contributed by atoms with Gasteiger partial charge in [0.2, 0.25) is 5.91 Å². The summed E-state index contributed by atoms with van der Waals surface area (Å²) in [5, 5.41) is 16.4. The molecule has 1 aromatic rings. The van der Waals surface area contributed by atoms with Crippen LogP contribution in [0.2, 0.25) is 0 Å². The SMILES string of the molecule is Cc1cccc([N+](=O)[O-])c1C(=O)NCCNC(=O)CC1CCCC1. The number of nitro benzene ring substituents is 1. The van der Waals surface area contributed by atoms with Crippen LogP contribution in [0.3, 0.4) is 0 Å². The zero-order valence-corrected chi connectivity index (χ0v) is 13.8. The van der Waals surface area contributed by atoms with Gasteiger partial charge in [0.05, 0.1) is 4.92 Å². The van der Waals surface area contributed by atoms with Crippen LogP contribution in [-0.4, -0.2) is 29.8 Å². The van der Waals surface area contributed by atoms with Crippen LogP contribution in [0.15, 0.2) is 18.2 Å². The van der Waals surface area contributed by atoms with E-state index in [1.54, 1.807) is 19.1 Å². The van der Waals surface area contributed by atoms with Crippen molar-refractivity contribution in [2.75, 3.05) is 13.1 Å². The number of aryl methyl sites for hydroxylation is 1. The summed E-state index contributed by atoms with van der Waals surface area (Å²) < 4.78 is 0. The molecule has 7 heteroatoms. The first kappa shape index (κ1) is 17.9. The van der Waals surface area contributed by atoms with Crippen LogP contribution in [0, 0.1) is 23.0 Å². The van der Waals surface area contributed by atoms with Gasteiger partial charge in [-0.3, -0.25) is 19.7 Å². The predicted octanol–water partition coefficient (Wildman–Crippen LogP) is 2.33. The van der Waals surface area contributed by atoms with Gasteiger partial charge in [-0.25, -0.2) is 0 Å². The van der Waals surface area contributed by atoms with Gasteiger partial charge in [0, 0.05) is 25.6 Å². The maximum Gasteiger partial charge on any atom is 0.282 e. The molecular formula is C17H23N3O4. The van der Waals surface area contributed by atoms with Crippen molar-refractivity contribution in [1.82, 2.24) is 10.6 Å². The van der Waals surface area contributed by atoms with Crippen molar-refractivity contribution in [3.63, 3.8) is 0 Å². The summed E-state index contributed by atoms with van der Waals surface area (Å²) in [6.45, 7) is 2.21. The lowest BCUT2D eigenvalue weighted by atomic mass is 10.0. The van der Waals surface area contributed by atoms with Crippen molar-refractivity contribution in [3.05, 3.63) is 39.4 Å². The Morgan fingerprint density at radius 2 is 1.88 bits per heavy atom. The summed E-state index contributed by atoms with van der Waals surface area (Å²) in [5.74, 6) is -0.0166. The average Bonchev–Trinajstić information content (AvgIpc) is 3.03. The molecule has 1 aliphatic carbocycles. The number of carbonyl (C=O) groups excluding carboxylic acids is 2. The summed E-state index contributed by atoms with van der Waals surface area (Å²) in [6, 6.07) is 4.52. The minimum atomic E-state index is -0.564. The highest BCUT2D eigenvalue weighted by Crippen LogP contribution is 2.27. The molecular weight excluding hydrogens is 310 g/mol. The molecule has 1 fully saturated rings. The molecule has 1 saturated carbocycles. The molecule has 1 aliphatic rings. The number of nitrogens with zero attached hydrogens (tertiary/aromatic N) is 1. The van der Waals surface area contributed by atoms with Crippen LogP contribution < -0.4 is 10.6 Å². The van der Waals surface area contributed by atoms with E-state index < -0.39 is 10.8 Å². The second-order valence-electron chi connectivity index (χ2n) is 6.19. The summed E-state index contributed by atoms with van der Waals surface area (Å²) in [4.78, 5) is 34.5. The van der Waals surface area contributed by atoms with Gasteiger partial charge < -0.3 is 10.6 Å². The summed E-state index contributed by atoms with van der Waals surface area (Å²) in [6.07, 6.45) is 5.16. The lowest BCUT2D eigenvalue weighted by molar-refractivity contribution is -0.385. The van der Waals surface area contributed by atoms with Gasteiger partial charge in [0.15, 0.2) is 0 Å². The lowest BCUT2D eigenvalue weighted by Gasteiger charge is -2.11. The molecule has 0 radical (unpaired) electrons. The number of amides is 2. The zero-order chi connectivity index (χ0) is 17.5. The normalized spacial score (nSPS) is 14.4. The molecule has 0 unspecified atom stereocenters. The minimum absolute atomic E-state index is 0.00183. The summed E-state index contributed by atoms with van der Waals surface area (Å²) >= 11 is 0. The third-order valence-electron chi connectivity index (χ3n) is 4.36. The second kappa shape index (κ2) is 8.42. The fourth-order valence-electron chi connectivity index (χ4n) is 3.12. The van der Waals surface area contributed by atoms with Crippen molar-refractivity contribution < 1.29 is 14.5 Å². The van der Waals surface area contributed by atoms with Crippen LogP contribution in [0.25, 0.3) is 0 Å². The fourth-order valence-corrected chi connectivity index (χ4v) is 3.12. The molecule has 0 aromatic heterocycles. The molecule has 0 spiro atoms. The molecule has 0 atom stereocenters. The van der Waals surface area contributed by atoms with E-state index in [-0.39, 0.29) is 23.7 Å². The zero-order valence-electron chi connectivity index (χ0n) is 13.8. The topological polar surface area (TPSA) is 101 Å². The quantitative estimate of drug-likeness (QED) is 0.454. The number of benzene rings is 1. The molecule has 0 heterocycles. The number of carbonyl (C=O) groups is 2. The Morgan fingerprint density at radius 1 is 1.21 bits per heavy atom. The van der Waals surface area contributed by atoms with Crippen molar-refractivity contribution in [2.45, 2.75) is 39.0 Å². The van der Waals surface area contributed by atoms with Gasteiger partial charge in [-0.1, -0.05) is 25.0 Å². The standard InChI is InChI=1S/C17H23N3O4/c1-12-5-4-8-14(20(23)24)16(12)17(22)19-10-9-18-15(21)11-13-6-2-3-7-13/h4-5,8,13H,2-3,6-7,9-11H2,1H3,(H,18,21)(H,19,22). The van der Waals surface area contributed by atoms with Gasteiger partial charge >= 0.3 is 0 Å². The van der Waals surface area contributed by atoms with Crippen molar-refractivity contribution in [3.8, 4) is 0 Å². The molecule has 2 amide bonds. The van der Waals surface area contributed by atoms with E-state index in [0.29, 0.717) is 24.4 Å². The van der Waals surface area contributed by atoms with Crippen LogP contribution in [-0.2, 0) is 4.79 Å². The Bertz CT molecular complexity index is 624. The highest BCUT2D eigenvalue weighted by Gasteiger charge is 2.22. The van der Waals surface area contributed by atoms with Crippen LogP contribution in [0.1, 0.15) is 48.0 Å². The van der Waals surface area contributed by atoms with Crippen molar-refractivity contribution >= 4 is 17.5 Å². The maximum atomic E-state index is 12.2. The third-order valence-corrected chi connectivity index (χ3v) is 4.36. The summed E-state index contributed by atoms with van der Waals surface area (Å²) in [5.41, 5.74) is 0.407. The largest absolute Gasteiger partial charge is 0.354 e. The molecule has 7 nitrogen and oxygen atoms in total. The first-order valence-corrected chi connectivity index (χ1v) is 8.28. The number of hydrogen-bond donors (Lipinski definition) is 2. The molecule has 2 N–H and O–H groups in total. The van der Waals surface area contributed by atoms with Crippen LogP contribution in [0.4, 0.5) is 5.69 Å². The van der Waals surface area contributed by atoms with Gasteiger partial charge in [0.25, 0.3) is 11.6 Å². The van der Waals surface area contributed by atoms with Gasteiger partial charge in [-0.15, -0.1) is 0 Å². The van der Waals surface area contributed by atoms with E-state index in [2.05, 4.69) is 10.6 Å². The number of hydrogen-bond acceptors (Lipinski definition) is 4.